The van der Waals surface area contributed by atoms with Gasteiger partial charge in [0.25, 0.3) is 0 Å². The summed E-state index contributed by atoms with van der Waals surface area (Å²) in [5.74, 6) is 0. The topological polar surface area (TPSA) is 50.7 Å². The first-order chi connectivity index (χ1) is 5.77. The number of rotatable bonds is 3. The van der Waals surface area contributed by atoms with Crippen LogP contribution in [-0.4, -0.2) is 7.11 Å². The minimum atomic E-state index is 0.372. The molecule has 0 aliphatic heterocycles. The van der Waals surface area contributed by atoms with Gasteiger partial charge in [0.2, 0.25) is 0 Å². The Labute approximate surface area is 78.0 Å². The van der Waals surface area contributed by atoms with Crippen LogP contribution in [0.1, 0.15) is 0 Å². The van der Waals surface area contributed by atoms with Crippen molar-refractivity contribution in [2.75, 3.05) is 12.6 Å². The Morgan fingerprint density at radius 1 is 1.58 bits per heavy atom. The van der Waals surface area contributed by atoms with E-state index in [0.717, 1.165) is 5.69 Å². The van der Waals surface area contributed by atoms with Gasteiger partial charge >= 0.3 is 0 Å². The lowest BCUT2D eigenvalue weighted by molar-refractivity contribution is 0.271. The van der Waals surface area contributed by atoms with E-state index in [0.29, 0.717) is 10.2 Å². The Hall–Kier alpha value is -0.940. The van der Waals surface area contributed by atoms with Crippen molar-refractivity contribution in [2.24, 2.45) is 5.18 Å². The number of nitroso groups, excluding NO2 is 1. The molecule has 0 aliphatic carbocycles. The minimum absolute atomic E-state index is 0.372. The molecule has 0 amide bonds. The van der Waals surface area contributed by atoms with Gasteiger partial charge in [-0.1, -0.05) is 0 Å². The third kappa shape index (κ3) is 2.02. The predicted molar refractivity (Wildman–Crippen MR) is 50.2 cm³/mol. The number of benzene rings is 1. The SMILES string of the molecule is CONc1ccc(N=O)c(Br)c1. The Morgan fingerprint density at radius 3 is 2.83 bits per heavy atom. The van der Waals surface area contributed by atoms with E-state index in [1.165, 1.54) is 7.11 Å². The van der Waals surface area contributed by atoms with E-state index in [9.17, 15) is 4.91 Å². The molecule has 12 heavy (non-hydrogen) atoms. The van der Waals surface area contributed by atoms with Gasteiger partial charge in [-0.15, -0.1) is 4.91 Å². The summed E-state index contributed by atoms with van der Waals surface area (Å²) in [6.45, 7) is 0. The quantitative estimate of drug-likeness (QED) is 0.642. The molecule has 0 unspecified atom stereocenters. The van der Waals surface area contributed by atoms with Crippen molar-refractivity contribution in [3.05, 3.63) is 27.6 Å². The van der Waals surface area contributed by atoms with Gasteiger partial charge in [0, 0.05) is 4.47 Å². The zero-order valence-electron chi connectivity index (χ0n) is 6.37. The van der Waals surface area contributed by atoms with Crippen LogP contribution in [0.3, 0.4) is 0 Å². The van der Waals surface area contributed by atoms with Gasteiger partial charge in [0.1, 0.15) is 5.69 Å². The molecule has 0 aliphatic rings. The highest BCUT2D eigenvalue weighted by atomic mass is 79.9. The summed E-state index contributed by atoms with van der Waals surface area (Å²) >= 11 is 3.19. The molecule has 1 rings (SSSR count). The zero-order chi connectivity index (χ0) is 8.97. The van der Waals surface area contributed by atoms with Crippen molar-refractivity contribution in [2.45, 2.75) is 0 Å². The van der Waals surface area contributed by atoms with Gasteiger partial charge in [-0.25, -0.2) is 0 Å². The van der Waals surface area contributed by atoms with Crippen LogP contribution >= 0.6 is 15.9 Å². The maximum Gasteiger partial charge on any atom is 0.122 e. The van der Waals surface area contributed by atoms with Crippen LogP contribution < -0.4 is 5.48 Å². The fourth-order valence-corrected chi connectivity index (χ4v) is 1.21. The van der Waals surface area contributed by atoms with Crippen molar-refractivity contribution in [1.82, 2.24) is 0 Å². The highest BCUT2D eigenvalue weighted by molar-refractivity contribution is 9.10. The lowest BCUT2D eigenvalue weighted by Gasteiger charge is -2.03. The number of anilines is 1. The van der Waals surface area contributed by atoms with E-state index in [1.807, 2.05) is 0 Å². The van der Waals surface area contributed by atoms with Crippen LogP contribution in [0.4, 0.5) is 11.4 Å². The summed E-state index contributed by atoms with van der Waals surface area (Å²) in [5, 5.41) is 2.81. The summed E-state index contributed by atoms with van der Waals surface area (Å²) < 4.78 is 0.638. The highest BCUT2D eigenvalue weighted by Crippen LogP contribution is 2.27. The molecule has 0 atom stereocenters. The van der Waals surface area contributed by atoms with Crippen LogP contribution in [-0.2, 0) is 4.84 Å². The van der Waals surface area contributed by atoms with Crippen molar-refractivity contribution < 1.29 is 4.84 Å². The maximum atomic E-state index is 10.2. The average Bonchev–Trinajstić information content (AvgIpc) is 2.05. The fourth-order valence-electron chi connectivity index (χ4n) is 0.762. The molecule has 0 radical (unpaired) electrons. The molecule has 0 saturated heterocycles. The number of hydrogen-bond acceptors (Lipinski definition) is 4. The molecule has 0 aromatic heterocycles. The standard InChI is InChI=1S/C7H7BrN2O2/c1-12-10-5-2-3-7(9-11)6(8)4-5/h2-4,10H,1H3. The molecule has 1 aromatic carbocycles. The van der Waals surface area contributed by atoms with Crippen molar-refractivity contribution in [3.8, 4) is 0 Å². The lowest BCUT2D eigenvalue weighted by Crippen LogP contribution is -1.94. The molecular formula is C7H7BrN2O2. The van der Waals surface area contributed by atoms with E-state index in [2.05, 4.69) is 31.4 Å². The number of hydrogen-bond donors (Lipinski definition) is 1. The Bertz CT molecular complexity index is 291. The zero-order valence-corrected chi connectivity index (χ0v) is 7.96. The molecule has 64 valence electrons. The van der Waals surface area contributed by atoms with E-state index in [4.69, 9.17) is 0 Å². The Morgan fingerprint density at radius 2 is 2.33 bits per heavy atom. The average molecular weight is 231 g/mol. The number of nitrogens with zero attached hydrogens (tertiary/aromatic N) is 1. The van der Waals surface area contributed by atoms with Gasteiger partial charge in [-0.05, 0) is 39.3 Å². The van der Waals surface area contributed by atoms with Crippen LogP contribution in [0.15, 0.2) is 27.8 Å². The molecular weight excluding hydrogens is 224 g/mol. The maximum absolute atomic E-state index is 10.2. The minimum Gasteiger partial charge on any atom is -0.279 e. The predicted octanol–water partition coefficient (Wildman–Crippen LogP) is 2.82. The smallest absolute Gasteiger partial charge is 0.122 e. The highest BCUT2D eigenvalue weighted by Gasteiger charge is 2.00. The Kier molecular flexibility index (Phi) is 3.19. The van der Waals surface area contributed by atoms with Crippen LogP contribution in [0, 0.1) is 4.91 Å². The second kappa shape index (κ2) is 4.18. The summed E-state index contributed by atoms with van der Waals surface area (Å²) in [4.78, 5) is 14.8. The van der Waals surface area contributed by atoms with Gasteiger partial charge in [-0.3, -0.25) is 10.3 Å². The van der Waals surface area contributed by atoms with Crippen LogP contribution in [0.2, 0.25) is 0 Å². The summed E-state index contributed by atoms with van der Waals surface area (Å²) in [7, 11) is 1.51. The second-order valence-electron chi connectivity index (χ2n) is 2.06. The summed E-state index contributed by atoms with van der Waals surface area (Å²) in [5.41, 5.74) is 3.76. The molecule has 1 N–H and O–H groups in total. The van der Waals surface area contributed by atoms with E-state index < -0.39 is 0 Å². The molecule has 0 saturated carbocycles. The van der Waals surface area contributed by atoms with Crippen LogP contribution in [0.25, 0.3) is 0 Å². The number of nitrogens with one attached hydrogen (secondary N) is 1. The molecule has 0 bridgehead atoms. The first-order valence-electron chi connectivity index (χ1n) is 3.20. The van der Waals surface area contributed by atoms with E-state index in [1.54, 1.807) is 18.2 Å². The normalized spacial score (nSPS) is 9.50. The Balaban J connectivity index is 2.93. The van der Waals surface area contributed by atoms with Crippen molar-refractivity contribution in [1.29, 1.82) is 0 Å². The fraction of sp³-hybridized carbons (Fsp3) is 0.143. The lowest BCUT2D eigenvalue weighted by atomic mass is 10.3. The van der Waals surface area contributed by atoms with Gasteiger partial charge in [-0.2, -0.15) is 0 Å². The largest absolute Gasteiger partial charge is 0.279 e. The van der Waals surface area contributed by atoms with Gasteiger partial charge in [0.15, 0.2) is 0 Å². The number of halogens is 1. The molecule has 5 heteroatoms. The second-order valence-corrected chi connectivity index (χ2v) is 2.92. The first-order valence-corrected chi connectivity index (χ1v) is 3.99. The van der Waals surface area contributed by atoms with Crippen molar-refractivity contribution in [3.63, 3.8) is 0 Å². The molecule has 0 fully saturated rings. The third-order valence-corrected chi connectivity index (χ3v) is 1.90. The molecule has 0 spiro atoms. The molecule has 0 heterocycles. The van der Waals surface area contributed by atoms with E-state index in [-0.39, 0.29) is 0 Å². The van der Waals surface area contributed by atoms with Crippen LogP contribution in [0.5, 0.6) is 0 Å². The summed E-state index contributed by atoms with van der Waals surface area (Å²) in [6.07, 6.45) is 0. The first kappa shape index (κ1) is 9.15. The molecule has 1 aromatic rings. The third-order valence-electron chi connectivity index (χ3n) is 1.27. The van der Waals surface area contributed by atoms with E-state index >= 15 is 0 Å². The summed E-state index contributed by atoms with van der Waals surface area (Å²) in [6, 6.07) is 5.00. The molecule has 4 nitrogen and oxygen atoms in total. The van der Waals surface area contributed by atoms with Crippen molar-refractivity contribution >= 4 is 27.3 Å². The van der Waals surface area contributed by atoms with Gasteiger partial charge in [0.05, 0.1) is 12.8 Å². The monoisotopic (exact) mass is 230 g/mol. The van der Waals surface area contributed by atoms with Gasteiger partial charge < -0.3 is 0 Å².